The van der Waals surface area contributed by atoms with E-state index in [1.807, 2.05) is 16.9 Å². The Labute approximate surface area is 136 Å². The van der Waals surface area contributed by atoms with Crippen molar-refractivity contribution in [1.29, 1.82) is 5.26 Å². The normalized spacial score (nSPS) is 16.4. The van der Waals surface area contributed by atoms with Gasteiger partial charge < -0.3 is 0 Å². The zero-order valence-corrected chi connectivity index (χ0v) is 13.4. The van der Waals surface area contributed by atoms with Gasteiger partial charge in [-0.05, 0) is 56.5 Å². The molecule has 0 bridgehead atoms. The second-order valence-corrected chi connectivity index (χ2v) is 6.10. The van der Waals surface area contributed by atoms with E-state index >= 15 is 0 Å². The number of likely N-dealkylation sites (tertiary alicyclic amines) is 1. The Morgan fingerprint density at radius 1 is 1.35 bits per heavy atom. The molecule has 1 saturated heterocycles. The molecule has 4 nitrogen and oxygen atoms in total. The van der Waals surface area contributed by atoms with Gasteiger partial charge in [0.1, 0.15) is 5.82 Å². The Balaban J connectivity index is 1.58. The van der Waals surface area contributed by atoms with Crippen molar-refractivity contribution in [2.24, 2.45) is 0 Å². The van der Waals surface area contributed by atoms with Crippen molar-refractivity contribution in [1.82, 2.24) is 14.7 Å². The van der Waals surface area contributed by atoms with Crippen molar-refractivity contribution in [3.8, 4) is 6.07 Å². The first-order valence-corrected chi connectivity index (χ1v) is 8.13. The number of halogens is 1. The summed E-state index contributed by atoms with van der Waals surface area (Å²) in [6.45, 7) is 5.52. The molecule has 0 unspecified atom stereocenters. The van der Waals surface area contributed by atoms with Gasteiger partial charge in [0.2, 0.25) is 0 Å². The lowest BCUT2D eigenvalue weighted by Crippen LogP contribution is -2.32. The van der Waals surface area contributed by atoms with Crippen molar-refractivity contribution in [2.45, 2.75) is 38.8 Å². The first-order chi connectivity index (χ1) is 11.2. The van der Waals surface area contributed by atoms with Crippen LogP contribution < -0.4 is 0 Å². The number of nitrogens with zero attached hydrogens (tertiary/aromatic N) is 4. The zero-order chi connectivity index (χ0) is 16.2. The smallest absolute Gasteiger partial charge is 0.129 e. The number of nitriles is 1. The van der Waals surface area contributed by atoms with Crippen LogP contribution in [-0.4, -0.2) is 27.8 Å². The molecule has 0 spiro atoms. The number of aryl methyl sites for hydroxylation is 1. The van der Waals surface area contributed by atoms with Crippen molar-refractivity contribution in [3.63, 3.8) is 0 Å². The maximum atomic E-state index is 14.0. The van der Waals surface area contributed by atoms with E-state index < -0.39 is 0 Å². The summed E-state index contributed by atoms with van der Waals surface area (Å²) in [6.07, 6.45) is 6.27. The topological polar surface area (TPSA) is 44.9 Å². The van der Waals surface area contributed by atoms with Gasteiger partial charge in [-0.2, -0.15) is 10.4 Å². The molecule has 1 aliphatic heterocycles. The Hall–Kier alpha value is -2.19. The van der Waals surface area contributed by atoms with Gasteiger partial charge >= 0.3 is 0 Å². The van der Waals surface area contributed by atoms with Gasteiger partial charge in [-0.25, -0.2) is 4.39 Å². The molecule has 23 heavy (non-hydrogen) atoms. The van der Waals surface area contributed by atoms with Gasteiger partial charge in [-0.3, -0.25) is 9.58 Å². The van der Waals surface area contributed by atoms with Crippen LogP contribution >= 0.6 is 0 Å². The third-order valence-electron chi connectivity index (χ3n) is 4.61. The highest BCUT2D eigenvalue weighted by atomic mass is 19.1. The standard InChI is InChI=1S/C18H21FN4/c1-2-23-13-17(11-21-23)15-5-7-22(8-6-15)12-16-4-3-14(10-20)9-18(16)19/h3-4,9,11,13,15H,2,5-8,12H2,1H3. The second-order valence-electron chi connectivity index (χ2n) is 6.10. The molecule has 5 heteroatoms. The molecule has 1 fully saturated rings. The summed E-state index contributed by atoms with van der Waals surface area (Å²) in [5.41, 5.74) is 2.36. The average molecular weight is 312 g/mol. The largest absolute Gasteiger partial charge is 0.299 e. The first kappa shape index (κ1) is 15.7. The Bertz CT molecular complexity index is 708. The van der Waals surface area contributed by atoms with E-state index in [4.69, 9.17) is 5.26 Å². The van der Waals surface area contributed by atoms with Crippen LogP contribution in [0.1, 0.15) is 42.4 Å². The van der Waals surface area contributed by atoms with E-state index in [0.717, 1.165) is 32.5 Å². The molecule has 0 radical (unpaired) electrons. The van der Waals surface area contributed by atoms with E-state index in [-0.39, 0.29) is 5.82 Å². The van der Waals surface area contributed by atoms with Crippen LogP contribution in [0.3, 0.4) is 0 Å². The van der Waals surface area contributed by atoms with E-state index in [9.17, 15) is 4.39 Å². The summed E-state index contributed by atoms with van der Waals surface area (Å²) < 4.78 is 16.0. The van der Waals surface area contributed by atoms with Crippen LogP contribution in [0.25, 0.3) is 0 Å². The number of hydrogen-bond donors (Lipinski definition) is 0. The molecular weight excluding hydrogens is 291 g/mol. The molecule has 1 aliphatic rings. The van der Waals surface area contributed by atoms with Crippen molar-refractivity contribution in [3.05, 3.63) is 53.1 Å². The van der Waals surface area contributed by atoms with Crippen LogP contribution in [0.4, 0.5) is 4.39 Å². The minimum absolute atomic E-state index is 0.282. The second kappa shape index (κ2) is 6.93. The Morgan fingerprint density at radius 3 is 2.74 bits per heavy atom. The third-order valence-corrected chi connectivity index (χ3v) is 4.61. The Morgan fingerprint density at radius 2 is 2.13 bits per heavy atom. The molecule has 1 aromatic heterocycles. The van der Waals surface area contributed by atoms with Crippen molar-refractivity contribution >= 4 is 0 Å². The minimum Gasteiger partial charge on any atom is -0.299 e. The quantitative estimate of drug-likeness (QED) is 0.870. The van der Waals surface area contributed by atoms with E-state index in [2.05, 4.69) is 23.1 Å². The number of hydrogen-bond acceptors (Lipinski definition) is 3. The first-order valence-electron chi connectivity index (χ1n) is 8.13. The number of aromatic nitrogens is 2. The molecule has 0 saturated carbocycles. The van der Waals surface area contributed by atoms with Crippen LogP contribution in [0.15, 0.2) is 30.6 Å². The molecule has 0 atom stereocenters. The lowest BCUT2D eigenvalue weighted by atomic mass is 9.91. The molecule has 1 aromatic carbocycles. The average Bonchev–Trinajstić information content (AvgIpc) is 3.06. The lowest BCUT2D eigenvalue weighted by molar-refractivity contribution is 0.202. The summed E-state index contributed by atoms with van der Waals surface area (Å²) in [7, 11) is 0. The van der Waals surface area contributed by atoms with Gasteiger partial charge in [-0.15, -0.1) is 0 Å². The SMILES string of the molecule is CCn1cc(C2CCN(Cc3ccc(C#N)cc3F)CC2)cn1. The minimum atomic E-state index is -0.282. The molecule has 3 rings (SSSR count). The lowest BCUT2D eigenvalue weighted by Gasteiger charge is -2.31. The van der Waals surface area contributed by atoms with E-state index in [0.29, 0.717) is 23.6 Å². The van der Waals surface area contributed by atoms with Gasteiger partial charge in [-0.1, -0.05) is 6.07 Å². The summed E-state index contributed by atoms with van der Waals surface area (Å²) in [5, 5.41) is 13.1. The summed E-state index contributed by atoms with van der Waals surface area (Å²) >= 11 is 0. The fourth-order valence-electron chi connectivity index (χ4n) is 3.17. The molecule has 120 valence electrons. The highest BCUT2D eigenvalue weighted by Gasteiger charge is 2.22. The highest BCUT2D eigenvalue weighted by Crippen LogP contribution is 2.28. The fourth-order valence-corrected chi connectivity index (χ4v) is 3.17. The third kappa shape index (κ3) is 3.59. The van der Waals surface area contributed by atoms with Crippen LogP contribution in [0.5, 0.6) is 0 Å². The molecule has 2 aromatic rings. The zero-order valence-electron chi connectivity index (χ0n) is 13.4. The van der Waals surface area contributed by atoms with Crippen LogP contribution in [-0.2, 0) is 13.1 Å². The molecule has 0 N–H and O–H groups in total. The monoisotopic (exact) mass is 312 g/mol. The van der Waals surface area contributed by atoms with Gasteiger partial charge in [0.15, 0.2) is 0 Å². The highest BCUT2D eigenvalue weighted by molar-refractivity contribution is 5.32. The predicted molar refractivity (Wildman–Crippen MR) is 86.3 cm³/mol. The Kier molecular flexibility index (Phi) is 4.73. The summed E-state index contributed by atoms with van der Waals surface area (Å²) in [5.74, 6) is 0.271. The maximum Gasteiger partial charge on any atom is 0.129 e. The predicted octanol–water partition coefficient (Wildman–Crippen LogP) is 3.29. The van der Waals surface area contributed by atoms with Gasteiger partial charge in [0.25, 0.3) is 0 Å². The number of piperidine rings is 1. The fraction of sp³-hybridized carbons (Fsp3) is 0.444. The van der Waals surface area contributed by atoms with Crippen molar-refractivity contribution in [2.75, 3.05) is 13.1 Å². The van der Waals surface area contributed by atoms with Gasteiger partial charge in [0.05, 0.1) is 17.8 Å². The van der Waals surface area contributed by atoms with Gasteiger partial charge in [0, 0.05) is 24.8 Å². The number of rotatable bonds is 4. The molecule has 0 aliphatic carbocycles. The maximum absolute atomic E-state index is 14.0. The molecular formula is C18H21FN4. The van der Waals surface area contributed by atoms with E-state index in [1.54, 1.807) is 12.1 Å². The van der Waals surface area contributed by atoms with Crippen LogP contribution in [0, 0.1) is 17.1 Å². The molecule has 2 heterocycles. The van der Waals surface area contributed by atoms with E-state index in [1.165, 1.54) is 11.6 Å². The van der Waals surface area contributed by atoms with Crippen molar-refractivity contribution < 1.29 is 4.39 Å². The molecule has 0 amide bonds. The number of benzene rings is 1. The summed E-state index contributed by atoms with van der Waals surface area (Å²) in [4.78, 5) is 2.28. The van der Waals surface area contributed by atoms with Crippen LogP contribution in [0.2, 0.25) is 0 Å². The summed E-state index contributed by atoms with van der Waals surface area (Å²) in [6, 6.07) is 6.70.